The van der Waals surface area contributed by atoms with Gasteiger partial charge in [-0.1, -0.05) is 19.8 Å². The lowest BCUT2D eigenvalue weighted by Crippen LogP contribution is -2.46. The van der Waals surface area contributed by atoms with E-state index in [9.17, 15) is 4.79 Å². The number of rotatable bonds is 4. The Morgan fingerprint density at radius 1 is 1.11 bits per heavy atom. The number of aromatic nitrogens is 5. The number of piperazine rings is 1. The lowest BCUT2D eigenvalue weighted by molar-refractivity contribution is 0.250. The molecule has 0 unspecified atom stereocenters. The van der Waals surface area contributed by atoms with Gasteiger partial charge in [-0.25, -0.2) is 14.8 Å². The molecule has 2 fully saturated rings. The van der Waals surface area contributed by atoms with Crippen LogP contribution in [0.5, 0.6) is 0 Å². The molecule has 180 valence electrons. The minimum atomic E-state index is -0.0243. The van der Waals surface area contributed by atoms with Gasteiger partial charge in [0.2, 0.25) is 0 Å². The molecular formula is C26H30N8O. The highest BCUT2D eigenvalue weighted by molar-refractivity contribution is 6.03. The molecule has 2 aliphatic rings. The summed E-state index contributed by atoms with van der Waals surface area (Å²) >= 11 is 0. The monoisotopic (exact) mass is 470 g/mol. The largest absolute Gasteiger partial charge is 0.354 e. The third-order valence-corrected chi connectivity index (χ3v) is 7.82. The highest BCUT2D eigenvalue weighted by Gasteiger charge is 2.28. The summed E-state index contributed by atoms with van der Waals surface area (Å²) in [6.45, 7) is 6.66. The number of nitrogens with one attached hydrogen (secondary N) is 2. The fourth-order valence-electron chi connectivity index (χ4n) is 5.90. The first-order valence-electron chi connectivity index (χ1n) is 12.5. The maximum Gasteiger partial charge on any atom is 0.326 e. The SMILES string of the molecule is C[C@@H]1CCCC[C@@H]1n1c(=O)[nH]c2cnc3[nH]cc(CN4CCN(c5ccc(C#N)cn5)CC4)c3c21. The number of aromatic amines is 2. The standard InChI is InChI=1S/C26H30N8O/c1-17-4-2-3-5-21(17)34-24-20(31-26(34)35)15-30-25-23(24)19(14-29-25)16-32-8-10-33(11-9-32)22-7-6-18(12-27)13-28-22/h6-7,13-15,17,21H,2-5,8-11,16H2,1H3,(H,29,30)(H,31,35)/t17-,21+/m1/s1. The number of H-pyrrole nitrogens is 2. The Labute approximate surface area is 203 Å². The van der Waals surface area contributed by atoms with Crippen LogP contribution in [0, 0.1) is 17.2 Å². The third kappa shape index (κ3) is 3.88. The molecule has 9 nitrogen and oxygen atoms in total. The molecule has 0 spiro atoms. The maximum absolute atomic E-state index is 13.1. The quantitative estimate of drug-likeness (QED) is 0.472. The minimum Gasteiger partial charge on any atom is -0.354 e. The van der Waals surface area contributed by atoms with Crippen molar-refractivity contribution in [1.29, 1.82) is 5.26 Å². The van der Waals surface area contributed by atoms with Crippen LogP contribution in [0.2, 0.25) is 0 Å². The first-order valence-corrected chi connectivity index (χ1v) is 12.5. The Kier molecular flexibility index (Phi) is 5.53. The van der Waals surface area contributed by atoms with Gasteiger partial charge in [0.05, 0.1) is 22.8 Å². The first-order chi connectivity index (χ1) is 17.1. The van der Waals surface area contributed by atoms with Crippen molar-refractivity contribution in [2.45, 2.75) is 45.2 Å². The van der Waals surface area contributed by atoms with Crippen molar-refractivity contribution in [1.82, 2.24) is 29.4 Å². The van der Waals surface area contributed by atoms with E-state index in [-0.39, 0.29) is 11.7 Å². The predicted molar refractivity (Wildman–Crippen MR) is 135 cm³/mol. The maximum atomic E-state index is 13.1. The van der Waals surface area contributed by atoms with E-state index in [0.29, 0.717) is 11.5 Å². The van der Waals surface area contributed by atoms with Crippen molar-refractivity contribution in [3.05, 3.63) is 52.3 Å². The number of fused-ring (bicyclic) bond motifs is 3. The van der Waals surface area contributed by atoms with Gasteiger partial charge >= 0.3 is 5.69 Å². The topological polar surface area (TPSA) is 110 Å². The molecule has 0 radical (unpaired) electrons. The van der Waals surface area contributed by atoms with E-state index in [0.717, 1.165) is 73.5 Å². The molecule has 5 heterocycles. The number of hydrogen-bond donors (Lipinski definition) is 2. The van der Waals surface area contributed by atoms with E-state index in [1.165, 1.54) is 18.4 Å². The van der Waals surface area contributed by atoms with Gasteiger partial charge in [-0.2, -0.15) is 5.26 Å². The summed E-state index contributed by atoms with van der Waals surface area (Å²) < 4.78 is 2.02. The molecule has 2 atom stereocenters. The van der Waals surface area contributed by atoms with Gasteiger partial charge in [-0.15, -0.1) is 0 Å². The van der Waals surface area contributed by atoms with Gasteiger partial charge in [-0.3, -0.25) is 9.47 Å². The molecule has 1 aliphatic heterocycles. The molecule has 0 amide bonds. The summed E-state index contributed by atoms with van der Waals surface area (Å²) in [4.78, 5) is 33.3. The normalized spacial score (nSPS) is 21.5. The van der Waals surface area contributed by atoms with Gasteiger partial charge in [0, 0.05) is 56.5 Å². The van der Waals surface area contributed by atoms with Crippen LogP contribution in [0.1, 0.15) is 49.8 Å². The predicted octanol–water partition coefficient (Wildman–Crippen LogP) is 3.55. The van der Waals surface area contributed by atoms with Crippen LogP contribution in [-0.4, -0.2) is 55.6 Å². The molecule has 6 rings (SSSR count). The van der Waals surface area contributed by atoms with Crippen LogP contribution in [0.3, 0.4) is 0 Å². The van der Waals surface area contributed by atoms with Crippen LogP contribution in [0.25, 0.3) is 22.1 Å². The second-order valence-corrected chi connectivity index (χ2v) is 9.97. The van der Waals surface area contributed by atoms with E-state index in [1.807, 2.05) is 16.7 Å². The van der Waals surface area contributed by atoms with Gasteiger partial charge in [0.15, 0.2) is 0 Å². The van der Waals surface area contributed by atoms with Crippen molar-refractivity contribution in [2.24, 2.45) is 5.92 Å². The molecule has 9 heteroatoms. The number of hydrogen-bond acceptors (Lipinski definition) is 6. The van der Waals surface area contributed by atoms with E-state index >= 15 is 0 Å². The summed E-state index contributed by atoms with van der Waals surface area (Å²) in [5.74, 6) is 1.40. The highest BCUT2D eigenvalue weighted by Crippen LogP contribution is 2.36. The van der Waals surface area contributed by atoms with Crippen LogP contribution in [0.4, 0.5) is 5.82 Å². The zero-order chi connectivity index (χ0) is 23.9. The average molecular weight is 471 g/mol. The molecular weight excluding hydrogens is 440 g/mol. The minimum absolute atomic E-state index is 0.0243. The Morgan fingerprint density at radius 3 is 2.69 bits per heavy atom. The first kappa shape index (κ1) is 21.9. The molecule has 1 aliphatic carbocycles. The lowest BCUT2D eigenvalue weighted by Gasteiger charge is -2.35. The number of imidazole rings is 1. The number of nitriles is 1. The fraction of sp³-hybridized carbons (Fsp3) is 0.462. The summed E-state index contributed by atoms with van der Waals surface area (Å²) in [5.41, 5.74) is 4.39. The molecule has 2 N–H and O–H groups in total. The van der Waals surface area contributed by atoms with Crippen molar-refractivity contribution in [2.75, 3.05) is 31.1 Å². The van der Waals surface area contributed by atoms with Gasteiger partial charge in [-0.05, 0) is 36.5 Å². The van der Waals surface area contributed by atoms with E-state index in [4.69, 9.17) is 5.26 Å². The lowest BCUT2D eigenvalue weighted by atomic mass is 9.85. The smallest absolute Gasteiger partial charge is 0.326 e. The molecule has 1 saturated carbocycles. The van der Waals surface area contributed by atoms with Crippen molar-refractivity contribution in [3.8, 4) is 6.07 Å². The zero-order valence-electron chi connectivity index (χ0n) is 20.0. The van der Waals surface area contributed by atoms with E-state index in [2.05, 4.69) is 48.9 Å². The van der Waals surface area contributed by atoms with Crippen molar-refractivity contribution in [3.63, 3.8) is 0 Å². The zero-order valence-corrected chi connectivity index (χ0v) is 20.0. The number of anilines is 1. The Bertz CT molecular complexity index is 1450. The molecule has 35 heavy (non-hydrogen) atoms. The van der Waals surface area contributed by atoms with E-state index in [1.54, 1.807) is 12.4 Å². The number of pyridine rings is 2. The van der Waals surface area contributed by atoms with E-state index < -0.39 is 0 Å². The Hall–Kier alpha value is -3.64. The molecule has 0 bridgehead atoms. The Morgan fingerprint density at radius 2 is 1.94 bits per heavy atom. The van der Waals surface area contributed by atoms with Gasteiger partial charge in [0.25, 0.3) is 0 Å². The van der Waals surface area contributed by atoms with Crippen LogP contribution >= 0.6 is 0 Å². The second-order valence-electron chi connectivity index (χ2n) is 9.97. The second kappa shape index (κ2) is 8.86. The summed E-state index contributed by atoms with van der Waals surface area (Å²) in [6.07, 6.45) is 10.1. The van der Waals surface area contributed by atoms with Crippen LogP contribution in [0.15, 0.2) is 35.5 Å². The molecule has 0 aromatic carbocycles. The van der Waals surface area contributed by atoms with Crippen molar-refractivity contribution >= 4 is 27.9 Å². The van der Waals surface area contributed by atoms with Crippen LogP contribution in [-0.2, 0) is 6.54 Å². The molecule has 1 saturated heterocycles. The summed E-state index contributed by atoms with van der Waals surface area (Å²) in [7, 11) is 0. The van der Waals surface area contributed by atoms with Gasteiger partial charge < -0.3 is 14.9 Å². The summed E-state index contributed by atoms with van der Waals surface area (Å²) in [5, 5.41) is 10.1. The summed E-state index contributed by atoms with van der Waals surface area (Å²) in [6, 6.07) is 6.09. The van der Waals surface area contributed by atoms with Gasteiger partial charge in [0.1, 0.15) is 17.5 Å². The highest BCUT2D eigenvalue weighted by atomic mass is 16.1. The Balaban J connectivity index is 1.28. The third-order valence-electron chi connectivity index (χ3n) is 7.82. The number of nitrogens with zero attached hydrogens (tertiary/aromatic N) is 6. The molecule has 4 aromatic heterocycles. The molecule has 4 aromatic rings. The van der Waals surface area contributed by atoms with Crippen LogP contribution < -0.4 is 10.6 Å². The average Bonchev–Trinajstić information content (AvgIpc) is 3.44. The fourth-order valence-corrected chi connectivity index (χ4v) is 5.90. The van der Waals surface area contributed by atoms with Crippen molar-refractivity contribution < 1.29 is 0 Å².